The smallest absolute Gasteiger partial charge is 0.319 e. The number of rotatable bonds is 5. The van der Waals surface area contributed by atoms with Crippen LogP contribution in [0.25, 0.3) is 0 Å². The van der Waals surface area contributed by atoms with Crippen molar-refractivity contribution in [2.24, 2.45) is 5.92 Å². The number of carbonyl (C=O) groups excluding carboxylic acids is 1. The molecule has 1 aliphatic rings. The van der Waals surface area contributed by atoms with Gasteiger partial charge in [0.25, 0.3) is 0 Å². The third-order valence-electron chi connectivity index (χ3n) is 3.58. The van der Waals surface area contributed by atoms with Gasteiger partial charge in [-0.05, 0) is 37.1 Å². The lowest BCUT2D eigenvalue weighted by Crippen LogP contribution is -2.35. The van der Waals surface area contributed by atoms with Gasteiger partial charge in [-0.25, -0.2) is 4.79 Å². The molecule has 1 fully saturated rings. The summed E-state index contributed by atoms with van der Waals surface area (Å²) in [5, 5.41) is 15.2. The van der Waals surface area contributed by atoms with Crippen LogP contribution in [0.1, 0.15) is 19.3 Å². The van der Waals surface area contributed by atoms with Gasteiger partial charge in [-0.2, -0.15) is 0 Å². The molecule has 0 heterocycles. The summed E-state index contributed by atoms with van der Waals surface area (Å²) in [7, 11) is 0. The fraction of sp³-hybridized carbons (Fsp3) is 0.438. The molecule has 112 valence electrons. The van der Waals surface area contributed by atoms with Gasteiger partial charge >= 0.3 is 6.03 Å². The number of aliphatic hydroxyl groups excluding tert-OH is 1. The highest BCUT2D eigenvalue weighted by Crippen LogP contribution is 2.24. The Morgan fingerprint density at radius 3 is 2.76 bits per heavy atom. The van der Waals surface area contributed by atoms with Gasteiger partial charge in [-0.15, -0.1) is 6.42 Å². The Morgan fingerprint density at radius 1 is 1.38 bits per heavy atom. The second-order valence-corrected chi connectivity index (χ2v) is 5.11. The molecule has 0 spiro atoms. The lowest BCUT2D eigenvalue weighted by molar-refractivity contribution is 0.133. The minimum absolute atomic E-state index is 0.162. The molecule has 0 bridgehead atoms. The maximum atomic E-state index is 11.8. The lowest BCUT2D eigenvalue weighted by Gasteiger charge is -2.15. The average molecular weight is 288 g/mol. The monoisotopic (exact) mass is 288 g/mol. The first-order valence-electron chi connectivity index (χ1n) is 7.08. The normalized spacial score (nSPS) is 20.6. The van der Waals surface area contributed by atoms with E-state index in [9.17, 15) is 9.90 Å². The van der Waals surface area contributed by atoms with Gasteiger partial charge in [-0.3, -0.25) is 0 Å². The van der Waals surface area contributed by atoms with E-state index in [-0.39, 0.29) is 24.7 Å². The van der Waals surface area contributed by atoms with Crippen molar-refractivity contribution < 1.29 is 14.6 Å². The van der Waals surface area contributed by atoms with Crippen molar-refractivity contribution in [2.75, 3.05) is 18.5 Å². The topological polar surface area (TPSA) is 70.6 Å². The molecule has 1 aromatic carbocycles. The highest BCUT2D eigenvalue weighted by Gasteiger charge is 2.25. The number of amides is 2. The van der Waals surface area contributed by atoms with Crippen LogP contribution in [0.5, 0.6) is 5.75 Å². The fourth-order valence-electron chi connectivity index (χ4n) is 2.41. The van der Waals surface area contributed by atoms with Gasteiger partial charge in [0.15, 0.2) is 0 Å². The Kier molecular flexibility index (Phi) is 5.47. The van der Waals surface area contributed by atoms with Crippen molar-refractivity contribution in [3.8, 4) is 18.1 Å². The SMILES string of the molecule is C#CCOc1ccc(NC(=O)NC[C@H]2CCC[C@H]2O)cc1. The number of anilines is 1. The van der Waals surface area contributed by atoms with Gasteiger partial charge in [0.05, 0.1) is 6.10 Å². The molecule has 21 heavy (non-hydrogen) atoms. The molecule has 0 aliphatic heterocycles. The van der Waals surface area contributed by atoms with E-state index < -0.39 is 0 Å². The molecule has 1 saturated carbocycles. The molecule has 5 nitrogen and oxygen atoms in total. The molecule has 0 aromatic heterocycles. The first-order valence-corrected chi connectivity index (χ1v) is 7.08. The van der Waals surface area contributed by atoms with Crippen LogP contribution in [0.3, 0.4) is 0 Å². The molecule has 2 rings (SSSR count). The Morgan fingerprint density at radius 2 is 2.14 bits per heavy atom. The van der Waals surface area contributed by atoms with Crippen molar-refractivity contribution in [2.45, 2.75) is 25.4 Å². The summed E-state index contributed by atoms with van der Waals surface area (Å²) in [5.41, 5.74) is 0.674. The molecule has 2 atom stereocenters. The van der Waals surface area contributed by atoms with E-state index >= 15 is 0 Å². The number of hydrogen-bond acceptors (Lipinski definition) is 3. The summed E-state index contributed by atoms with van der Waals surface area (Å²) in [5.74, 6) is 3.21. The summed E-state index contributed by atoms with van der Waals surface area (Å²) in [6.07, 6.45) is 7.62. The number of carbonyl (C=O) groups is 1. The van der Waals surface area contributed by atoms with Crippen molar-refractivity contribution in [3.05, 3.63) is 24.3 Å². The van der Waals surface area contributed by atoms with Gasteiger partial charge in [0.2, 0.25) is 0 Å². The van der Waals surface area contributed by atoms with Crippen LogP contribution < -0.4 is 15.4 Å². The Balaban J connectivity index is 1.75. The number of urea groups is 1. The van der Waals surface area contributed by atoms with E-state index in [2.05, 4.69) is 16.6 Å². The molecule has 1 aromatic rings. The highest BCUT2D eigenvalue weighted by atomic mass is 16.5. The molecule has 1 aliphatic carbocycles. The third kappa shape index (κ3) is 4.69. The zero-order valence-corrected chi connectivity index (χ0v) is 11.8. The fourth-order valence-corrected chi connectivity index (χ4v) is 2.41. The molecule has 3 N–H and O–H groups in total. The molecule has 2 amide bonds. The number of benzene rings is 1. The van der Waals surface area contributed by atoms with Gasteiger partial charge < -0.3 is 20.5 Å². The van der Waals surface area contributed by atoms with Crippen LogP contribution >= 0.6 is 0 Å². The van der Waals surface area contributed by atoms with E-state index in [0.29, 0.717) is 18.0 Å². The van der Waals surface area contributed by atoms with Crippen LogP contribution in [-0.2, 0) is 0 Å². The minimum Gasteiger partial charge on any atom is -0.481 e. The summed E-state index contributed by atoms with van der Waals surface area (Å²) in [4.78, 5) is 11.8. The number of ether oxygens (including phenoxy) is 1. The van der Waals surface area contributed by atoms with E-state index in [0.717, 1.165) is 19.3 Å². The molecule has 0 saturated heterocycles. The number of terminal acetylenes is 1. The number of nitrogens with one attached hydrogen (secondary N) is 2. The maximum absolute atomic E-state index is 11.8. The molecule has 0 unspecified atom stereocenters. The van der Waals surface area contributed by atoms with Crippen molar-refractivity contribution in [3.63, 3.8) is 0 Å². The third-order valence-corrected chi connectivity index (χ3v) is 3.58. The quantitative estimate of drug-likeness (QED) is 0.726. The first-order chi connectivity index (χ1) is 10.2. The molecular weight excluding hydrogens is 268 g/mol. The van der Waals surface area contributed by atoms with E-state index in [1.807, 2.05) is 0 Å². The Bertz CT molecular complexity index is 507. The van der Waals surface area contributed by atoms with E-state index in [4.69, 9.17) is 11.2 Å². The van der Waals surface area contributed by atoms with Gasteiger partial charge in [0, 0.05) is 18.2 Å². The first kappa shape index (κ1) is 15.2. The number of hydrogen-bond donors (Lipinski definition) is 3. The van der Waals surface area contributed by atoms with E-state index in [1.165, 1.54) is 0 Å². The second-order valence-electron chi connectivity index (χ2n) is 5.11. The van der Waals surface area contributed by atoms with Crippen molar-refractivity contribution >= 4 is 11.7 Å². The summed E-state index contributed by atoms with van der Waals surface area (Å²) in [6.45, 7) is 0.716. The largest absolute Gasteiger partial charge is 0.481 e. The lowest BCUT2D eigenvalue weighted by atomic mass is 10.1. The molecular formula is C16H20N2O3. The maximum Gasteiger partial charge on any atom is 0.319 e. The van der Waals surface area contributed by atoms with Crippen molar-refractivity contribution in [1.29, 1.82) is 0 Å². The minimum atomic E-state index is -0.294. The van der Waals surface area contributed by atoms with Gasteiger partial charge in [0.1, 0.15) is 12.4 Å². The predicted octanol–water partition coefficient (Wildman–Crippen LogP) is 1.98. The van der Waals surface area contributed by atoms with Crippen LogP contribution in [-0.4, -0.2) is 30.4 Å². The van der Waals surface area contributed by atoms with E-state index in [1.54, 1.807) is 24.3 Å². The summed E-state index contributed by atoms with van der Waals surface area (Å²) < 4.78 is 5.25. The average Bonchev–Trinajstić information content (AvgIpc) is 2.90. The van der Waals surface area contributed by atoms with Crippen LogP contribution in [0.15, 0.2) is 24.3 Å². The van der Waals surface area contributed by atoms with Crippen LogP contribution in [0, 0.1) is 18.3 Å². The Labute approximate surface area is 124 Å². The second kappa shape index (κ2) is 7.55. The molecule has 5 heteroatoms. The zero-order chi connectivity index (χ0) is 15.1. The highest BCUT2D eigenvalue weighted by molar-refractivity contribution is 5.89. The van der Waals surface area contributed by atoms with Gasteiger partial charge in [-0.1, -0.05) is 12.3 Å². The number of aliphatic hydroxyl groups is 1. The summed E-state index contributed by atoms with van der Waals surface area (Å²) >= 11 is 0. The Hall–Kier alpha value is -2.19. The standard InChI is InChI=1S/C16H20N2O3/c1-2-10-21-14-8-6-13(7-9-14)18-16(20)17-11-12-4-3-5-15(12)19/h1,6-9,12,15,19H,3-5,10-11H2,(H2,17,18,20)/t12-,15-/m1/s1. The zero-order valence-electron chi connectivity index (χ0n) is 11.8. The predicted molar refractivity (Wildman–Crippen MR) is 81.1 cm³/mol. The summed E-state index contributed by atoms with van der Waals surface area (Å²) in [6, 6.07) is 6.71. The molecule has 0 radical (unpaired) electrons. The van der Waals surface area contributed by atoms with Crippen LogP contribution in [0.2, 0.25) is 0 Å². The van der Waals surface area contributed by atoms with Crippen molar-refractivity contribution in [1.82, 2.24) is 5.32 Å². The van der Waals surface area contributed by atoms with Crippen LogP contribution in [0.4, 0.5) is 10.5 Å².